The maximum absolute atomic E-state index is 5.28. The Morgan fingerprint density at radius 2 is 0.868 bits per heavy atom. The highest BCUT2D eigenvalue weighted by Crippen LogP contribution is 2.49. The molecule has 10 rings (SSSR count). The summed E-state index contributed by atoms with van der Waals surface area (Å²) in [6, 6.07) is 62.7. The van der Waals surface area contributed by atoms with E-state index in [1.54, 1.807) is 0 Å². The van der Waals surface area contributed by atoms with E-state index < -0.39 is 0 Å². The molecule has 1 aliphatic rings. The first kappa shape index (κ1) is 31.1. The summed E-state index contributed by atoms with van der Waals surface area (Å²) >= 11 is 0. The van der Waals surface area contributed by atoms with Gasteiger partial charge in [-0.3, -0.25) is 0 Å². The van der Waals surface area contributed by atoms with Crippen molar-refractivity contribution in [3.63, 3.8) is 0 Å². The maximum Gasteiger partial charge on any atom is 0.164 e. The van der Waals surface area contributed by atoms with Crippen LogP contribution in [0, 0.1) is 0 Å². The first-order chi connectivity index (χ1) is 26.0. The van der Waals surface area contributed by atoms with Crippen LogP contribution < -0.4 is 0 Å². The summed E-state index contributed by atoms with van der Waals surface area (Å²) in [5.74, 6) is 1.95. The highest BCUT2D eigenvalue weighted by Gasteiger charge is 2.35. The van der Waals surface area contributed by atoms with Crippen molar-refractivity contribution in [2.24, 2.45) is 0 Å². The van der Waals surface area contributed by atoms with Crippen molar-refractivity contribution in [3.05, 3.63) is 187 Å². The highest BCUT2D eigenvalue weighted by atomic mass is 15.0. The average molecular weight is 678 g/mol. The fourth-order valence-corrected chi connectivity index (χ4v) is 8.20. The van der Waals surface area contributed by atoms with E-state index in [4.69, 9.17) is 15.0 Å². The van der Waals surface area contributed by atoms with Gasteiger partial charge in [0.15, 0.2) is 17.5 Å². The van der Waals surface area contributed by atoms with E-state index in [9.17, 15) is 0 Å². The zero-order chi connectivity index (χ0) is 35.5. The summed E-state index contributed by atoms with van der Waals surface area (Å²) < 4.78 is 0. The molecule has 9 aromatic rings. The van der Waals surface area contributed by atoms with E-state index in [-0.39, 0.29) is 5.41 Å². The Bertz CT molecular complexity index is 2860. The molecule has 0 N–H and O–H groups in total. The summed E-state index contributed by atoms with van der Waals surface area (Å²) in [7, 11) is 0. The van der Waals surface area contributed by atoms with Crippen LogP contribution in [0.2, 0.25) is 0 Å². The van der Waals surface area contributed by atoms with Gasteiger partial charge < -0.3 is 0 Å². The second-order valence-electron chi connectivity index (χ2n) is 14.5. The molecule has 53 heavy (non-hydrogen) atoms. The van der Waals surface area contributed by atoms with Crippen LogP contribution in [0.25, 0.3) is 89.1 Å². The van der Waals surface area contributed by atoms with Gasteiger partial charge in [0.25, 0.3) is 0 Å². The Balaban J connectivity index is 1.21. The van der Waals surface area contributed by atoms with Crippen molar-refractivity contribution < 1.29 is 0 Å². The molecule has 0 spiro atoms. The highest BCUT2D eigenvalue weighted by molar-refractivity contribution is 6.14. The van der Waals surface area contributed by atoms with Crippen molar-refractivity contribution in [2.45, 2.75) is 19.3 Å². The van der Waals surface area contributed by atoms with Crippen LogP contribution in [0.4, 0.5) is 0 Å². The van der Waals surface area contributed by atoms with Crippen LogP contribution in [0.15, 0.2) is 176 Å². The fourth-order valence-electron chi connectivity index (χ4n) is 8.20. The van der Waals surface area contributed by atoms with Gasteiger partial charge in [-0.25, -0.2) is 15.0 Å². The molecular weight excluding hydrogens is 643 g/mol. The van der Waals surface area contributed by atoms with E-state index in [1.165, 1.54) is 49.4 Å². The number of rotatable bonds is 5. The smallest absolute Gasteiger partial charge is 0.164 e. The Hall–Kier alpha value is -6.71. The predicted molar refractivity (Wildman–Crippen MR) is 220 cm³/mol. The molecule has 0 bridgehead atoms. The molecule has 0 aliphatic heterocycles. The van der Waals surface area contributed by atoms with Gasteiger partial charge >= 0.3 is 0 Å². The quantitative estimate of drug-likeness (QED) is 0.170. The van der Waals surface area contributed by atoms with E-state index in [2.05, 4.69) is 172 Å². The van der Waals surface area contributed by atoms with E-state index in [0.29, 0.717) is 17.5 Å². The Morgan fingerprint density at radius 1 is 0.321 bits per heavy atom. The normalized spacial score (nSPS) is 12.9. The molecule has 0 amide bonds. The number of nitrogens with zero attached hydrogens (tertiary/aromatic N) is 3. The van der Waals surface area contributed by atoms with Crippen LogP contribution in [0.5, 0.6) is 0 Å². The second kappa shape index (κ2) is 12.2. The van der Waals surface area contributed by atoms with Gasteiger partial charge in [-0.15, -0.1) is 0 Å². The van der Waals surface area contributed by atoms with Crippen LogP contribution in [-0.2, 0) is 5.41 Å². The minimum absolute atomic E-state index is 0.137. The summed E-state index contributed by atoms with van der Waals surface area (Å²) in [5, 5.41) is 4.91. The van der Waals surface area contributed by atoms with Crippen molar-refractivity contribution in [3.8, 4) is 67.5 Å². The third kappa shape index (κ3) is 5.24. The molecular formula is C50H35N3. The standard InChI is InChI=1S/C50H35N3/c1-50(2)45-24-14-13-23-42(45)43-26-25-35(31-46(43)50)48-51-47(33-17-7-4-8-18-33)52-49(53-48)38-28-36(32-15-5-3-6-16-32)27-37(29-38)44-30-34-19-9-10-20-39(34)40-21-11-12-22-41(40)44/h3-31H,1-2H3. The van der Waals surface area contributed by atoms with Crippen molar-refractivity contribution >= 4 is 21.5 Å². The summed E-state index contributed by atoms with van der Waals surface area (Å²) in [6.07, 6.45) is 0. The summed E-state index contributed by atoms with van der Waals surface area (Å²) in [6.45, 7) is 4.62. The maximum atomic E-state index is 5.28. The van der Waals surface area contributed by atoms with Gasteiger partial charge in [0, 0.05) is 22.1 Å². The Labute approximate surface area is 309 Å². The Morgan fingerprint density at radius 3 is 1.64 bits per heavy atom. The van der Waals surface area contributed by atoms with E-state index in [0.717, 1.165) is 33.4 Å². The van der Waals surface area contributed by atoms with Crippen molar-refractivity contribution in [2.75, 3.05) is 0 Å². The zero-order valence-electron chi connectivity index (χ0n) is 29.6. The lowest BCUT2D eigenvalue weighted by Gasteiger charge is -2.21. The molecule has 0 unspecified atom stereocenters. The third-order valence-corrected chi connectivity index (χ3v) is 10.9. The molecule has 0 fully saturated rings. The molecule has 0 saturated heterocycles. The van der Waals surface area contributed by atoms with Gasteiger partial charge in [0.1, 0.15) is 0 Å². The first-order valence-electron chi connectivity index (χ1n) is 18.2. The van der Waals surface area contributed by atoms with Gasteiger partial charge in [-0.05, 0) is 96.4 Å². The molecule has 3 heteroatoms. The molecule has 1 heterocycles. The van der Waals surface area contributed by atoms with Crippen molar-refractivity contribution in [1.82, 2.24) is 15.0 Å². The second-order valence-corrected chi connectivity index (χ2v) is 14.5. The van der Waals surface area contributed by atoms with Crippen LogP contribution in [0.1, 0.15) is 25.0 Å². The van der Waals surface area contributed by atoms with Crippen LogP contribution >= 0.6 is 0 Å². The third-order valence-electron chi connectivity index (χ3n) is 10.9. The number of aromatic nitrogens is 3. The van der Waals surface area contributed by atoms with Gasteiger partial charge in [0.05, 0.1) is 0 Å². The fraction of sp³-hybridized carbons (Fsp3) is 0.0600. The minimum atomic E-state index is -0.137. The molecule has 3 nitrogen and oxygen atoms in total. The Kier molecular flexibility index (Phi) is 7.16. The van der Waals surface area contributed by atoms with E-state index >= 15 is 0 Å². The number of hydrogen-bond donors (Lipinski definition) is 0. The topological polar surface area (TPSA) is 38.7 Å². The van der Waals surface area contributed by atoms with Crippen LogP contribution in [-0.4, -0.2) is 15.0 Å². The minimum Gasteiger partial charge on any atom is -0.208 e. The van der Waals surface area contributed by atoms with Gasteiger partial charge in [0.2, 0.25) is 0 Å². The molecule has 250 valence electrons. The zero-order valence-corrected chi connectivity index (χ0v) is 29.6. The summed E-state index contributed by atoms with van der Waals surface area (Å²) in [5.41, 5.74) is 12.5. The van der Waals surface area contributed by atoms with E-state index in [1.807, 2.05) is 18.2 Å². The number of hydrogen-bond acceptors (Lipinski definition) is 3. The monoisotopic (exact) mass is 677 g/mol. The van der Waals surface area contributed by atoms with Crippen molar-refractivity contribution in [1.29, 1.82) is 0 Å². The molecule has 8 aromatic carbocycles. The number of benzene rings is 8. The predicted octanol–water partition coefficient (Wildman–Crippen LogP) is 12.8. The first-order valence-corrected chi connectivity index (χ1v) is 18.2. The largest absolute Gasteiger partial charge is 0.208 e. The SMILES string of the molecule is CC1(C)c2ccccc2-c2ccc(-c3nc(-c4ccccc4)nc(-c4cc(-c5ccccc5)cc(-c5cc6ccccc6c6ccccc56)c4)n3)cc21. The lowest BCUT2D eigenvalue weighted by atomic mass is 9.82. The lowest BCUT2D eigenvalue weighted by Crippen LogP contribution is -2.15. The summed E-state index contributed by atoms with van der Waals surface area (Å²) in [4.78, 5) is 15.6. The molecule has 0 atom stereocenters. The van der Waals surface area contributed by atoms with Gasteiger partial charge in [-0.1, -0.05) is 159 Å². The molecule has 0 saturated carbocycles. The van der Waals surface area contributed by atoms with Crippen LogP contribution in [0.3, 0.4) is 0 Å². The molecule has 1 aliphatic carbocycles. The average Bonchev–Trinajstić information content (AvgIpc) is 3.46. The van der Waals surface area contributed by atoms with Gasteiger partial charge in [-0.2, -0.15) is 0 Å². The lowest BCUT2D eigenvalue weighted by molar-refractivity contribution is 0.660. The number of fused-ring (bicyclic) bond motifs is 6. The molecule has 1 aromatic heterocycles. The molecule has 0 radical (unpaired) electrons.